The lowest BCUT2D eigenvalue weighted by atomic mass is 10.3. The average Bonchev–Trinajstić information content (AvgIpc) is 2.26. The van der Waals surface area contributed by atoms with Crippen LogP contribution in [0.3, 0.4) is 0 Å². The van der Waals surface area contributed by atoms with Gasteiger partial charge in [-0.05, 0) is 12.1 Å². The highest BCUT2D eigenvalue weighted by Gasteiger charge is 2.10. The summed E-state index contributed by atoms with van der Waals surface area (Å²) in [7, 11) is 0. The van der Waals surface area contributed by atoms with E-state index in [4.69, 9.17) is 0 Å². The zero-order chi connectivity index (χ0) is 9.38. The van der Waals surface area contributed by atoms with Crippen LogP contribution in [0.4, 0.5) is 0 Å². The third-order valence-electron chi connectivity index (χ3n) is 1.95. The molecule has 2 aromatic rings. The number of hydrogen-bond donors (Lipinski definition) is 1. The van der Waals surface area contributed by atoms with Gasteiger partial charge in [0.25, 0.3) is 0 Å². The predicted octanol–water partition coefficient (Wildman–Crippen LogP) is 1.57. The molecule has 0 spiro atoms. The Bertz CT molecular complexity index is 523. The Morgan fingerprint density at radius 1 is 1.07 bits per heavy atom. The standard InChI is InChI=1S/C9H6N4S/c1-2-4-7-6(3-1)11-8-5-10-13-14-9(8)12-7/h1-5,13H. The van der Waals surface area contributed by atoms with Crippen LogP contribution in [0.5, 0.6) is 0 Å². The molecule has 1 aromatic heterocycles. The van der Waals surface area contributed by atoms with Crippen LogP contribution >= 0.6 is 11.9 Å². The molecule has 3 rings (SSSR count). The molecule has 14 heavy (non-hydrogen) atoms. The zero-order valence-corrected chi connectivity index (χ0v) is 7.95. The summed E-state index contributed by atoms with van der Waals surface area (Å²) in [6, 6.07) is 7.81. The Morgan fingerprint density at radius 2 is 1.86 bits per heavy atom. The molecule has 1 N–H and O–H groups in total. The van der Waals surface area contributed by atoms with Crippen molar-refractivity contribution in [3.63, 3.8) is 0 Å². The number of para-hydroxylation sites is 2. The number of rotatable bonds is 0. The molecule has 0 unspecified atom stereocenters. The number of aromatic nitrogens is 2. The van der Waals surface area contributed by atoms with Crippen molar-refractivity contribution in [2.24, 2.45) is 5.10 Å². The van der Waals surface area contributed by atoms with Gasteiger partial charge in [0, 0.05) is 11.9 Å². The Morgan fingerprint density at radius 3 is 2.71 bits per heavy atom. The van der Waals surface area contributed by atoms with Gasteiger partial charge in [0.2, 0.25) is 0 Å². The fraction of sp³-hybridized carbons (Fsp3) is 0. The van der Waals surface area contributed by atoms with Gasteiger partial charge in [0.1, 0.15) is 10.7 Å². The van der Waals surface area contributed by atoms with Gasteiger partial charge in [0.15, 0.2) is 0 Å². The topological polar surface area (TPSA) is 50.2 Å². The largest absolute Gasteiger partial charge is 0.246 e. The Labute approximate surface area is 84.6 Å². The first-order valence-corrected chi connectivity index (χ1v) is 4.97. The normalized spacial score (nSPS) is 13.7. The van der Waals surface area contributed by atoms with E-state index in [9.17, 15) is 0 Å². The second-order valence-electron chi connectivity index (χ2n) is 2.85. The fourth-order valence-corrected chi connectivity index (χ4v) is 1.85. The van der Waals surface area contributed by atoms with Gasteiger partial charge in [-0.2, -0.15) is 5.10 Å². The zero-order valence-electron chi connectivity index (χ0n) is 7.14. The van der Waals surface area contributed by atoms with E-state index in [0.717, 1.165) is 21.8 Å². The van der Waals surface area contributed by atoms with Crippen molar-refractivity contribution in [1.29, 1.82) is 0 Å². The molecule has 5 heteroatoms. The lowest BCUT2D eigenvalue weighted by molar-refractivity contribution is 1.03. The Balaban J connectivity index is 2.34. The first kappa shape index (κ1) is 7.75. The van der Waals surface area contributed by atoms with Crippen LogP contribution in [0.2, 0.25) is 0 Å². The molecule has 0 amide bonds. The van der Waals surface area contributed by atoms with Crippen LogP contribution in [0.25, 0.3) is 11.0 Å². The van der Waals surface area contributed by atoms with Crippen molar-refractivity contribution in [1.82, 2.24) is 14.8 Å². The molecule has 1 aromatic carbocycles. The smallest absolute Gasteiger partial charge is 0.146 e. The van der Waals surface area contributed by atoms with Gasteiger partial charge in [-0.1, -0.05) is 12.1 Å². The van der Waals surface area contributed by atoms with E-state index in [0.29, 0.717) is 0 Å². The van der Waals surface area contributed by atoms with Crippen molar-refractivity contribution in [2.45, 2.75) is 5.03 Å². The maximum absolute atomic E-state index is 4.46. The van der Waals surface area contributed by atoms with Gasteiger partial charge in [-0.3, -0.25) is 0 Å². The van der Waals surface area contributed by atoms with E-state index in [-0.39, 0.29) is 0 Å². The summed E-state index contributed by atoms with van der Waals surface area (Å²) < 4.78 is 0. The highest BCUT2D eigenvalue weighted by atomic mass is 32.2. The molecular weight excluding hydrogens is 196 g/mol. The summed E-state index contributed by atoms with van der Waals surface area (Å²) in [6.07, 6.45) is 1.69. The molecule has 4 nitrogen and oxygen atoms in total. The lowest BCUT2D eigenvalue weighted by Gasteiger charge is -2.08. The second-order valence-corrected chi connectivity index (χ2v) is 3.63. The summed E-state index contributed by atoms with van der Waals surface area (Å²) in [5, 5.41) is 4.78. The van der Waals surface area contributed by atoms with Crippen LogP contribution in [0.15, 0.2) is 34.4 Å². The van der Waals surface area contributed by atoms with Gasteiger partial charge in [-0.25, -0.2) is 14.8 Å². The number of hydrazone groups is 1. The van der Waals surface area contributed by atoms with Gasteiger partial charge < -0.3 is 0 Å². The van der Waals surface area contributed by atoms with Crippen LogP contribution in [-0.2, 0) is 0 Å². The third-order valence-corrected chi connectivity index (χ3v) is 2.64. The minimum Gasteiger partial charge on any atom is -0.246 e. The maximum Gasteiger partial charge on any atom is 0.146 e. The number of benzene rings is 1. The average molecular weight is 202 g/mol. The number of nitrogens with zero attached hydrogens (tertiary/aromatic N) is 3. The van der Waals surface area contributed by atoms with E-state index in [1.807, 2.05) is 24.3 Å². The van der Waals surface area contributed by atoms with Crippen molar-refractivity contribution in [3.8, 4) is 0 Å². The summed E-state index contributed by atoms with van der Waals surface area (Å²) in [5.74, 6) is 0. The number of hydrogen-bond acceptors (Lipinski definition) is 5. The first-order valence-electron chi connectivity index (χ1n) is 4.15. The Hall–Kier alpha value is -1.62. The first-order chi connectivity index (χ1) is 6.93. The molecule has 0 saturated heterocycles. The van der Waals surface area contributed by atoms with E-state index in [2.05, 4.69) is 19.9 Å². The Kier molecular flexibility index (Phi) is 1.63. The quantitative estimate of drug-likeness (QED) is 0.659. The van der Waals surface area contributed by atoms with Gasteiger partial charge >= 0.3 is 0 Å². The predicted molar refractivity (Wildman–Crippen MR) is 56.1 cm³/mol. The molecule has 0 atom stereocenters. The molecular formula is C9H6N4S. The maximum atomic E-state index is 4.46. The fourth-order valence-electron chi connectivity index (χ4n) is 1.31. The molecule has 2 heterocycles. The van der Waals surface area contributed by atoms with Crippen molar-refractivity contribution in [2.75, 3.05) is 0 Å². The molecule has 0 fully saturated rings. The van der Waals surface area contributed by atoms with Crippen LogP contribution in [0.1, 0.15) is 5.69 Å². The minimum atomic E-state index is 0.826. The SMILES string of the molecule is C1=NNSc2nc3ccccc3nc21. The van der Waals surface area contributed by atoms with Crippen molar-refractivity contribution >= 4 is 29.2 Å². The van der Waals surface area contributed by atoms with E-state index in [1.165, 1.54) is 11.9 Å². The monoisotopic (exact) mass is 202 g/mol. The highest BCUT2D eigenvalue weighted by molar-refractivity contribution is 7.97. The number of nitrogens with one attached hydrogen (secondary N) is 1. The third kappa shape index (κ3) is 1.13. The summed E-state index contributed by atoms with van der Waals surface area (Å²) >= 11 is 1.38. The minimum absolute atomic E-state index is 0.826. The van der Waals surface area contributed by atoms with Crippen LogP contribution in [0, 0.1) is 0 Å². The van der Waals surface area contributed by atoms with Crippen molar-refractivity contribution < 1.29 is 0 Å². The summed E-state index contributed by atoms with van der Waals surface area (Å²) in [4.78, 5) is 11.7. The highest BCUT2D eigenvalue weighted by Crippen LogP contribution is 2.21. The summed E-state index contributed by atoms with van der Waals surface area (Å²) in [5.41, 5.74) is 2.64. The van der Waals surface area contributed by atoms with E-state index in [1.54, 1.807) is 6.21 Å². The van der Waals surface area contributed by atoms with Crippen LogP contribution in [-0.4, -0.2) is 16.2 Å². The number of fused-ring (bicyclic) bond motifs is 2. The molecule has 1 aliphatic rings. The lowest BCUT2D eigenvalue weighted by Crippen LogP contribution is -2.06. The molecule has 0 radical (unpaired) electrons. The molecule has 0 bridgehead atoms. The molecule has 0 saturated carbocycles. The summed E-state index contributed by atoms with van der Waals surface area (Å²) in [6.45, 7) is 0. The molecule has 68 valence electrons. The van der Waals surface area contributed by atoms with Gasteiger partial charge in [0.05, 0.1) is 17.2 Å². The van der Waals surface area contributed by atoms with Crippen molar-refractivity contribution in [3.05, 3.63) is 30.0 Å². The van der Waals surface area contributed by atoms with E-state index >= 15 is 0 Å². The van der Waals surface area contributed by atoms with E-state index < -0.39 is 0 Å². The van der Waals surface area contributed by atoms with Crippen LogP contribution < -0.4 is 4.83 Å². The second kappa shape index (κ2) is 2.95. The molecule has 1 aliphatic heterocycles. The molecule has 0 aliphatic carbocycles. The van der Waals surface area contributed by atoms with Gasteiger partial charge in [-0.15, -0.1) is 0 Å².